The zero-order valence-electron chi connectivity index (χ0n) is 14.6. The van der Waals surface area contributed by atoms with E-state index in [1.807, 2.05) is 9.80 Å². The molecule has 0 bridgehead atoms. The van der Waals surface area contributed by atoms with E-state index in [1.54, 1.807) is 0 Å². The van der Waals surface area contributed by atoms with E-state index in [-0.39, 0.29) is 23.4 Å². The maximum atomic E-state index is 12.7. The van der Waals surface area contributed by atoms with Gasteiger partial charge in [-0.1, -0.05) is 13.8 Å². The average Bonchev–Trinajstić information content (AvgIpc) is 3.13. The summed E-state index contributed by atoms with van der Waals surface area (Å²) in [5, 5.41) is 3.16. The smallest absolute Gasteiger partial charge is 0.320 e. The summed E-state index contributed by atoms with van der Waals surface area (Å²) >= 11 is 0. The van der Waals surface area contributed by atoms with Crippen LogP contribution in [0.1, 0.15) is 52.4 Å². The number of amides is 3. The predicted molar refractivity (Wildman–Crippen MR) is 91.0 cm³/mol. The highest BCUT2D eigenvalue weighted by molar-refractivity contribution is 5.81. The number of carbonyl (C=O) groups is 2. The molecule has 0 aromatic rings. The number of rotatable bonds is 5. The second-order valence-corrected chi connectivity index (χ2v) is 6.94. The summed E-state index contributed by atoms with van der Waals surface area (Å²) in [5.74, 6) is -0.0580. The number of hydrogen-bond acceptors (Lipinski definition) is 3. The lowest BCUT2D eigenvalue weighted by atomic mass is 9.90. The molecule has 0 aromatic heterocycles. The van der Waals surface area contributed by atoms with E-state index in [0.29, 0.717) is 13.1 Å². The van der Waals surface area contributed by atoms with Gasteiger partial charge in [0, 0.05) is 32.7 Å². The van der Waals surface area contributed by atoms with Gasteiger partial charge in [-0.3, -0.25) is 4.79 Å². The first-order chi connectivity index (χ1) is 11.0. The molecule has 2 saturated heterocycles. The Balaban J connectivity index is 1.94. The van der Waals surface area contributed by atoms with Crippen molar-refractivity contribution in [1.82, 2.24) is 15.1 Å². The van der Waals surface area contributed by atoms with Crippen LogP contribution in [-0.2, 0) is 4.79 Å². The first-order valence-electron chi connectivity index (χ1n) is 9.11. The lowest BCUT2D eigenvalue weighted by Gasteiger charge is -2.37. The number of carbonyl (C=O) groups excluding carboxylic acids is 2. The van der Waals surface area contributed by atoms with Crippen molar-refractivity contribution in [2.75, 3.05) is 32.7 Å². The number of nitrogens with two attached hydrogens (primary N) is 1. The molecule has 2 aliphatic heterocycles. The Morgan fingerprint density at radius 2 is 1.70 bits per heavy atom. The minimum atomic E-state index is -0.307. The average molecular weight is 324 g/mol. The van der Waals surface area contributed by atoms with Crippen LogP contribution >= 0.6 is 0 Å². The van der Waals surface area contributed by atoms with Crippen LogP contribution in [0.2, 0.25) is 0 Å². The summed E-state index contributed by atoms with van der Waals surface area (Å²) in [6.45, 7) is 7.58. The minimum absolute atomic E-state index is 0.0538. The monoisotopic (exact) mass is 324 g/mol. The fourth-order valence-corrected chi connectivity index (χ4v) is 3.60. The second kappa shape index (κ2) is 7.99. The molecule has 1 unspecified atom stereocenters. The van der Waals surface area contributed by atoms with E-state index >= 15 is 0 Å². The third-order valence-electron chi connectivity index (χ3n) is 5.57. The minimum Gasteiger partial charge on any atom is -0.349 e. The summed E-state index contributed by atoms with van der Waals surface area (Å²) < 4.78 is 0. The first kappa shape index (κ1) is 18.0. The number of urea groups is 1. The predicted octanol–water partition coefficient (Wildman–Crippen LogP) is 1.55. The molecule has 23 heavy (non-hydrogen) atoms. The van der Waals surface area contributed by atoms with E-state index in [0.717, 1.165) is 58.2 Å². The van der Waals surface area contributed by atoms with Gasteiger partial charge in [-0.25, -0.2) is 4.79 Å². The van der Waals surface area contributed by atoms with Crippen LogP contribution in [0.15, 0.2) is 0 Å². The van der Waals surface area contributed by atoms with Crippen LogP contribution in [0.25, 0.3) is 0 Å². The zero-order valence-corrected chi connectivity index (χ0v) is 14.6. The standard InChI is InChI=1S/C17H32N4O2/c1-3-17(4-2,13-18)19-15(22)14-8-7-11-21(12-14)16(23)20-9-5-6-10-20/h14H,3-13,18H2,1-2H3,(H,19,22). The van der Waals surface area contributed by atoms with E-state index < -0.39 is 0 Å². The molecule has 1 atom stereocenters. The maximum absolute atomic E-state index is 12.7. The van der Waals surface area contributed by atoms with Crippen molar-refractivity contribution in [3.05, 3.63) is 0 Å². The molecular formula is C17H32N4O2. The van der Waals surface area contributed by atoms with Gasteiger partial charge in [0.2, 0.25) is 5.91 Å². The molecule has 0 saturated carbocycles. The molecule has 0 radical (unpaired) electrons. The third-order valence-corrected chi connectivity index (χ3v) is 5.57. The Morgan fingerprint density at radius 1 is 1.09 bits per heavy atom. The lowest BCUT2D eigenvalue weighted by Crippen LogP contribution is -2.57. The molecule has 0 aliphatic carbocycles. The number of nitrogens with one attached hydrogen (secondary N) is 1. The quantitative estimate of drug-likeness (QED) is 0.805. The summed E-state index contributed by atoms with van der Waals surface area (Å²) in [6, 6.07) is 0.107. The normalized spacial score (nSPS) is 22.3. The van der Waals surface area contributed by atoms with E-state index in [4.69, 9.17) is 5.73 Å². The molecule has 6 heteroatoms. The Labute approximate surface area is 139 Å². The van der Waals surface area contributed by atoms with Crippen molar-refractivity contribution in [3.63, 3.8) is 0 Å². The fourth-order valence-electron chi connectivity index (χ4n) is 3.60. The van der Waals surface area contributed by atoms with Gasteiger partial charge in [-0.2, -0.15) is 0 Å². The van der Waals surface area contributed by atoms with Crippen molar-refractivity contribution in [1.29, 1.82) is 0 Å². The summed E-state index contributed by atoms with van der Waals surface area (Å²) in [7, 11) is 0. The van der Waals surface area contributed by atoms with Gasteiger partial charge in [0.25, 0.3) is 0 Å². The summed E-state index contributed by atoms with van der Waals surface area (Å²) in [5.41, 5.74) is 5.57. The number of likely N-dealkylation sites (tertiary alicyclic amines) is 2. The molecule has 2 heterocycles. The van der Waals surface area contributed by atoms with Crippen molar-refractivity contribution in [2.24, 2.45) is 11.7 Å². The van der Waals surface area contributed by atoms with E-state index in [2.05, 4.69) is 19.2 Å². The molecule has 2 rings (SSSR count). The van der Waals surface area contributed by atoms with Crippen LogP contribution in [0.5, 0.6) is 0 Å². The van der Waals surface area contributed by atoms with Gasteiger partial charge < -0.3 is 20.9 Å². The number of hydrogen-bond donors (Lipinski definition) is 2. The number of nitrogens with zero attached hydrogens (tertiary/aromatic N) is 2. The van der Waals surface area contributed by atoms with Crippen LogP contribution in [-0.4, -0.2) is 60.0 Å². The van der Waals surface area contributed by atoms with Gasteiger partial charge >= 0.3 is 6.03 Å². The molecule has 132 valence electrons. The van der Waals surface area contributed by atoms with Gasteiger partial charge in [0.15, 0.2) is 0 Å². The highest BCUT2D eigenvalue weighted by Crippen LogP contribution is 2.22. The summed E-state index contributed by atoms with van der Waals surface area (Å²) in [6.07, 6.45) is 5.59. The molecule has 3 N–H and O–H groups in total. The van der Waals surface area contributed by atoms with E-state index in [9.17, 15) is 9.59 Å². The van der Waals surface area contributed by atoms with Crippen molar-refractivity contribution >= 4 is 11.9 Å². The number of piperidine rings is 1. The van der Waals surface area contributed by atoms with Gasteiger partial charge in [-0.15, -0.1) is 0 Å². The SMILES string of the molecule is CCC(CC)(CN)NC(=O)C1CCCN(C(=O)N2CCCC2)C1. The maximum Gasteiger partial charge on any atom is 0.320 e. The van der Waals surface area contributed by atoms with Gasteiger partial charge in [0.1, 0.15) is 0 Å². The van der Waals surface area contributed by atoms with Crippen LogP contribution < -0.4 is 11.1 Å². The van der Waals surface area contributed by atoms with Crippen molar-refractivity contribution in [2.45, 2.75) is 57.9 Å². The first-order valence-corrected chi connectivity index (χ1v) is 9.11. The fraction of sp³-hybridized carbons (Fsp3) is 0.882. The molecule has 3 amide bonds. The second-order valence-electron chi connectivity index (χ2n) is 6.94. The Hall–Kier alpha value is -1.30. The third kappa shape index (κ3) is 4.16. The molecule has 0 spiro atoms. The molecule has 0 aromatic carbocycles. The van der Waals surface area contributed by atoms with Crippen LogP contribution in [0, 0.1) is 5.92 Å². The van der Waals surface area contributed by atoms with Crippen molar-refractivity contribution in [3.8, 4) is 0 Å². The zero-order chi connectivity index (χ0) is 16.9. The largest absolute Gasteiger partial charge is 0.349 e. The molecule has 6 nitrogen and oxygen atoms in total. The molecular weight excluding hydrogens is 292 g/mol. The lowest BCUT2D eigenvalue weighted by molar-refractivity contribution is -0.128. The molecule has 2 fully saturated rings. The van der Waals surface area contributed by atoms with Gasteiger partial charge in [-0.05, 0) is 38.5 Å². The topological polar surface area (TPSA) is 78.7 Å². The van der Waals surface area contributed by atoms with Crippen LogP contribution in [0.4, 0.5) is 4.79 Å². The molecule has 2 aliphatic rings. The van der Waals surface area contributed by atoms with E-state index in [1.165, 1.54) is 0 Å². The van der Waals surface area contributed by atoms with Crippen LogP contribution in [0.3, 0.4) is 0 Å². The Morgan fingerprint density at radius 3 is 2.26 bits per heavy atom. The Kier molecular flexibility index (Phi) is 6.27. The van der Waals surface area contributed by atoms with Crippen molar-refractivity contribution < 1.29 is 9.59 Å². The Bertz CT molecular complexity index is 409. The summed E-state index contributed by atoms with van der Waals surface area (Å²) in [4.78, 5) is 29.0. The highest BCUT2D eigenvalue weighted by Gasteiger charge is 2.34. The highest BCUT2D eigenvalue weighted by atomic mass is 16.2. The van der Waals surface area contributed by atoms with Gasteiger partial charge in [0.05, 0.1) is 11.5 Å².